The average Bonchev–Trinajstić information content (AvgIpc) is 2.71. The van der Waals surface area contributed by atoms with Gasteiger partial charge in [0.25, 0.3) is 0 Å². The molecule has 4 heteroatoms. The van der Waals surface area contributed by atoms with Crippen LogP contribution in [0.1, 0.15) is 26.3 Å². The molecule has 19 heavy (non-hydrogen) atoms. The van der Waals surface area contributed by atoms with Crippen molar-refractivity contribution in [2.75, 3.05) is 5.32 Å². The first kappa shape index (κ1) is 13.3. The minimum Gasteiger partial charge on any atom is -0.382 e. The first-order valence-electron chi connectivity index (χ1n) is 6.46. The predicted octanol–water partition coefficient (Wildman–Crippen LogP) is 3.07. The van der Waals surface area contributed by atoms with Gasteiger partial charge in [-0.15, -0.1) is 0 Å². The number of pyridine rings is 1. The van der Waals surface area contributed by atoms with Gasteiger partial charge in [-0.05, 0) is 44.9 Å². The average molecular weight is 257 g/mol. The Kier molecular flexibility index (Phi) is 4.00. The number of hydrogen-bond donors (Lipinski definition) is 2. The summed E-state index contributed by atoms with van der Waals surface area (Å²) < 4.78 is 0. The summed E-state index contributed by atoms with van der Waals surface area (Å²) in [6.07, 6.45) is 7.98. The van der Waals surface area contributed by atoms with Gasteiger partial charge in [0.15, 0.2) is 5.78 Å². The molecule has 0 spiro atoms. The van der Waals surface area contributed by atoms with Crippen LogP contribution in [0.4, 0.5) is 5.69 Å². The van der Waals surface area contributed by atoms with Crippen LogP contribution in [0.15, 0.2) is 30.6 Å². The van der Waals surface area contributed by atoms with E-state index in [-0.39, 0.29) is 5.78 Å². The molecule has 4 nitrogen and oxygen atoms in total. The molecule has 100 valence electrons. The number of aromatic nitrogens is 2. The van der Waals surface area contributed by atoms with Gasteiger partial charge in [0, 0.05) is 17.6 Å². The summed E-state index contributed by atoms with van der Waals surface area (Å²) in [5.41, 5.74) is 3.03. The van der Waals surface area contributed by atoms with Gasteiger partial charge in [-0.25, -0.2) is 4.98 Å². The molecule has 0 bridgehead atoms. The summed E-state index contributed by atoms with van der Waals surface area (Å²) in [6, 6.07) is 2.47. The van der Waals surface area contributed by atoms with Crippen LogP contribution in [0.2, 0.25) is 0 Å². The largest absolute Gasteiger partial charge is 0.382 e. The second kappa shape index (κ2) is 5.69. The van der Waals surface area contributed by atoms with Crippen molar-refractivity contribution in [3.63, 3.8) is 0 Å². The SMILES string of the molecule is CC(=O)C=CCc1c[nH]c2ncc(NC(C)C)cc12. The Hall–Kier alpha value is -2.10. The standard InChI is InChI=1S/C15H19N3O/c1-10(2)18-13-7-14-12(6-4-5-11(3)19)8-16-15(14)17-9-13/h4-5,7-10,18H,6H2,1-3H3,(H,16,17). The van der Waals surface area contributed by atoms with Gasteiger partial charge < -0.3 is 10.3 Å². The third-order valence-corrected chi connectivity index (χ3v) is 2.76. The topological polar surface area (TPSA) is 57.8 Å². The maximum Gasteiger partial charge on any atom is 0.152 e. The summed E-state index contributed by atoms with van der Waals surface area (Å²) in [5, 5.41) is 4.44. The van der Waals surface area contributed by atoms with Crippen LogP contribution in [0.5, 0.6) is 0 Å². The number of allylic oxidation sites excluding steroid dienone is 2. The Morgan fingerprint density at radius 1 is 1.53 bits per heavy atom. The number of aromatic amines is 1. The highest BCUT2D eigenvalue weighted by Crippen LogP contribution is 2.21. The van der Waals surface area contributed by atoms with Gasteiger partial charge in [0.05, 0.1) is 11.9 Å². The zero-order valence-electron chi connectivity index (χ0n) is 11.5. The first-order valence-corrected chi connectivity index (χ1v) is 6.46. The van der Waals surface area contributed by atoms with E-state index in [9.17, 15) is 4.79 Å². The third kappa shape index (κ3) is 3.44. The van der Waals surface area contributed by atoms with Crippen LogP contribution in [-0.2, 0) is 11.2 Å². The van der Waals surface area contributed by atoms with Crippen LogP contribution >= 0.6 is 0 Å². The van der Waals surface area contributed by atoms with E-state index in [4.69, 9.17) is 0 Å². The molecule has 0 radical (unpaired) electrons. The van der Waals surface area contributed by atoms with Crippen LogP contribution in [0.3, 0.4) is 0 Å². The zero-order valence-corrected chi connectivity index (χ0v) is 11.5. The first-order chi connectivity index (χ1) is 9.06. The number of carbonyl (C=O) groups excluding carboxylic acids is 1. The predicted molar refractivity (Wildman–Crippen MR) is 78.4 cm³/mol. The summed E-state index contributed by atoms with van der Waals surface area (Å²) in [6.45, 7) is 5.74. The lowest BCUT2D eigenvalue weighted by Gasteiger charge is -2.09. The number of hydrogen-bond acceptors (Lipinski definition) is 3. The zero-order chi connectivity index (χ0) is 13.8. The molecule has 2 heterocycles. The molecule has 0 fully saturated rings. The maximum atomic E-state index is 10.9. The molecular formula is C15H19N3O. The summed E-state index contributed by atoms with van der Waals surface area (Å²) in [7, 11) is 0. The minimum absolute atomic E-state index is 0.0696. The van der Waals surface area contributed by atoms with Crippen LogP contribution in [0.25, 0.3) is 11.0 Å². The molecule has 0 aliphatic carbocycles. The van der Waals surface area contributed by atoms with E-state index in [1.54, 1.807) is 13.0 Å². The van der Waals surface area contributed by atoms with E-state index in [1.165, 1.54) is 0 Å². The van der Waals surface area contributed by atoms with E-state index in [2.05, 4.69) is 35.2 Å². The normalized spacial score (nSPS) is 11.6. The van der Waals surface area contributed by atoms with Gasteiger partial charge in [-0.3, -0.25) is 4.79 Å². The van der Waals surface area contributed by atoms with Gasteiger partial charge in [0.2, 0.25) is 0 Å². The Labute approximate surface area is 112 Å². The molecule has 0 saturated carbocycles. The van der Waals surface area contributed by atoms with Crippen LogP contribution in [-0.4, -0.2) is 21.8 Å². The molecule has 2 rings (SSSR count). The van der Waals surface area contributed by atoms with Crippen molar-refractivity contribution in [3.05, 3.63) is 36.2 Å². The smallest absolute Gasteiger partial charge is 0.152 e. The third-order valence-electron chi connectivity index (χ3n) is 2.76. The number of ketones is 1. The molecule has 0 aliphatic heterocycles. The lowest BCUT2D eigenvalue weighted by molar-refractivity contribution is -0.112. The van der Waals surface area contributed by atoms with E-state index in [0.717, 1.165) is 28.7 Å². The summed E-state index contributed by atoms with van der Waals surface area (Å²) >= 11 is 0. The van der Waals surface area contributed by atoms with E-state index >= 15 is 0 Å². The highest BCUT2D eigenvalue weighted by molar-refractivity contribution is 5.87. The fourth-order valence-corrected chi connectivity index (χ4v) is 1.99. The molecule has 0 aromatic carbocycles. The molecule has 0 aliphatic rings. The van der Waals surface area contributed by atoms with Crippen molar-refractivity contribution in [2.24, 2.45) is 0 Å². The van der Waals surface area contributed by atoms with E-state index in [0.29, 0.717) is 6.04 Å². The fourth-order valence-electron chi connectivity index (χ4n) is 1.99. The highest BCUT2D eigenvalue weighted by Gasteiger charge is 2.05. The Bertz CT molecular complexity index is 611. The van der Waals surface area contributed by atoms with Gasteiger partial charge in [-0.2, -0.15) is 0 Å². The fraction of sp³-hybridized carbons (Fsp3) is 0.333. The second-order valence-corrected chi connectivity index (χ2v) is 4.95. The number of fused-ring (bicyclic) bond motifs is 1. The molecule has 0 amide bonds. The van der Waals surface area contributed by atoms with E-state index < -0.39 is 0 Å². The van der Waals surface area contributed by atoms with Gasteiger partial charge >= 0.3 is 0 Å². The van der Waals surface area contributed by atoms with Crippen LogP contribution < -0.4 is 5.32 Å². The Balaban J connectivity index is 2.26. The highest BCUT2D eigenvalue weighted by atomic mass is 16.1. The minimum atomic E-state index is 0.0696. The van der Waals surface area contributed by atoms with Crippen molar-refractivity contribution in [2.45, 2.75) is 33.2 Å². The molecule has 2 aromatic rings. The molecular weight excluding hydrogens is 238 g/mol. The summed E-state index contributed by atoms with van der Waals surface area (Å²) in [5.74, 6) is 0.0696. The van der Waals surface area contributed by atoms with Crippen molar-refractivity contribution in [1.29, 1.82) is 0 Å². The van der Waals surface area contributed by atoms with Crippen molar-refractivity contribution in [1.82, 2.24) is 9.97 Å². The number of anilines is 1. The monoisotopic (exact) mass is 257 g/mol. The molecule has 2 aromatic heterocycles. The van der Waals surface area contributed by atoms with Crippen molar-refractivity contribution >= 4 is 22.5 Å². The Morgan fingerprint density at radius 2 is 2.32 bits per heavy atom. The number of rotatable bonds is 5. The van der Waals surface area contributed by atoms with E-state index in [1.807, 2.05) is 18.5 Å². The Morgan fingerprint density at radius 3 is 3.00 bits per heavy atom. The quantitative estimate of drug-likeness (QED) is 0.809. The molecule has 0 saturated heterocycles. The van der Waals surface area contributed by atoms with Crippen molar-refractivity contribution < 1.29 is 4.79 Å². The van der Waals surface area contributed by atoms with Gasteiger partial charge in [-0.1, -0.05) is 6.08 Å². The van der Waals surface area contributed by atoms with Gasteiger partial charge in [0.1, 0.15) is 5.65 Å². The number of nitrogens with zero attached hydrogens (tertiary/aromatic N) is 1. The van der Waals surface area contributed by atoms with Crippen LogP contribution in [0, 0.1) is 0 Å². The lowest BCUT2D eigenvalue weighted by Crippen LogP contribution is -2.09. The lowest BCUT2D eigenvalue weighted by atomic mass is 10.1. The molecule has 0 unspecified atom stereocenters. The maximum absolute atomic E-state index is 10.9. The van der Waals surface area contributed by atoms with Crippen molar-refractivity contribution in [3.8, 4) is 0 Å². The molecule has 2 N–H and O–H groups in total. The number of carbonyl (C=O) groups is 1. The summed E-state index contributed by atoms with van der Waals surface area (Å²) in [4.78, 5) is 18.4. The number of H-pyrrole nitrogens is 1. The number of nitrogens with one attached hydrogen (secondary N) is 2. The second-order valence-electron chi connectivity index (χ2n) is 4.95. The molecule has 0 atom stereocenters.